The molecule has 3 rings (SSSR count). The molecule has 1 atom stereocenters. The number of furan rings is 1. The lowest BCUT2D eigenvalue weighted by Gasteiger charge is -2.32. The molecule has 1 fully saturated rings. The van der Waals surface area contributed by atoms with Crippen molar-refractivity contribution in [3.05, 3.63) is 58.7 Å². The van der Waals surface area contributed by atoms with Crippen molar-refractivity contribution in [1.29, 1.82) is 5.26 Å². The molecule has 6 heteroatoms. The van der Waals surface area contributed by atoms with Crippen LogP contribution >= 0.6 is 11.8 Å². The molecule has 0 bridgehead atoms. The predicted molar refractivity (Wildman–Crippen MR) is 87.1 cm³/mol. The number of thioether (sulfide) groups is 1. The number of hydrogen-bond acceptors (Lipinski definition) is 6. The van der Waals surface area contributed by atoms with Gasteiger partial charge >= 0.3 is 5.97 Å². The topological polar surface area (TPSA) is 66.5 Å². The van der Waals surface area contributed by atoms with Crippen molar-refractivity contribution in [2.24, 2.45) is 0 Å². The molecule has 1 saturated heterocycles. The number of rotatable bonds is 4. The quantitative estimate of drug-likeness (QED) is 0.625. The third-order valence-corrected chi connectivity index (χ3v) is 5.00. The van der Waals surface area contributed by atoms with E-state index in [9.17, 15) is 10.1 Å². The Kier molecular flexibility index (Phi) is 4.30. The third-order valence-electron chi connectivity index (χ3n) is 3.90. The molecule has 0 N–H and O–H groups in total. The molecule has 2 aliphatic rings. The third kappa shape index (κ3) is 2.57. The van der Waals surface area contributed by atoms with Gasteiger partial charge in [-0.3, -0.25) is 0 Å². The standard InChI is InChI=1S/C17H16N2O3S/c1-3-7-22-17(20)14-11(2)19-6-9-23-16(19)12(10-18)15(14)13-5-4-8-21-13/h3-5,8,15H,1,6-7,9H2,2H3/t15-/m1/s1. The van der Waals surface area contributed by atoms with Gasteiger partial charge in [-0.15, -0.1) is 11.8 Å². The minimum absolute atomic E-state index is 0.133. The summed E-state index contributed by atoms with van der Waals surface area (Å²) in [6.45, 7) is 6.36. The Balaban J connectivity index is 2.13. The fourth-order valence-electron chi connectivity index (χ4n) is 2.91. The highest BCUT2D eigenvalue weighted by Gasteiger charge is 2.41. The minimum Gasteiger partial charge on any atom is -0.468 e. The number of carbonyl (C=O) groups is 1. The first kappa shape index (κ1) is 15.5. The van der Waals surface area contributed by atoms with Crippen LogP contribution in [0.4, 0.5) is 0 Å². The van der Waals surface area contributed by atoms with E-state index in [-0.39, 0.29) is 6.61 Å². The summed E-state index contributed by atoms with van der Waals surface area (Å²) < 4.78 is 10.8. The summed E-state index contributed by atoms with van der Waals surface area (Å²) in [5, 5.41) is 10.6. The van der Waals surface area contributed by atoms with Crippen LogP contribution < -0.4 is 0 Å². The lowest BCUT2D eigenvalue weighted by atomic mass is 9.85. The van der Waals surface area contributed by atoms with E-state index < -0.39 is 11.9 Å². The fraction of sp³-hybridized carbons (Fsp3) is 0.294. The van der Waals surface area contributed by atoms with Crippen molar-refractivity contribution in [1.82, 2.24) is 4.90 Å². The number of carbonyl (C=O) groups excluding carboxylic acids is 1. The van der Waals surface area contributed by atoms with Gasteiger partial charge in [0.2, 0.25) is 0 Å². The van der Waals surface area contributed by atoms with Gasteiger partial charge in [0.1, 0.15) is 12.4 Å². The highest BCUT2D eigenvalue weighted by Crippen LogP contribution is 2.47. The van der Waals surface area contributed by atoms with Crippen LogP contribution in [0.2, 0.25) is 0 Å². The van der Waals surface area contributed by atoms with Crippen molar-refractivity contribution in [2.45, 2.75) is 12.8 Å². The zero-order valence-electron chi connectivity index (χ0n) is 12.7. The van der Waals surface area contributed by atoms with E-state index in [0.29, 0.717) is 16.9 Å². The Hall–Kier alpha value is -2.39. The first-order valence-electron chi connectivity index (χ1n) is 7.25. The molecule has 0 radical (unpaired) electrons. The van der Waals surface area contributed by atoms with Crippen molar-refractivity contribution < 1.29 is 13.9 Å². The van der Waals surface area contributed by atoms with E-state index in [2.05, 4.69) is 12.6 Å². The smallest absolute Gasteiger partial charge is 0.337 e. The molecule has 1 aromatic heterocycles. The summed E-state index contributed by atoms with van der Waals surface area (Å²) in [5.74, 6) is 0.500. The van der Waals surface area contributed by atoms with Crippen LogP contribution in [0.1, 0.15) is 18.6 Å². The molecule has 3 heterocycles. The van der Waals surface area contributed by atoms with Gasteiger partial charge in [0.25, 0.3) is 0 Å². The summed E-state index contributed by atoms with van der Waals surface area (Å²) >= 11 is 1.63. The first-order chi connectivity index (χ1) is 11.2. The molecule has 0 spiro atoms. The van der Waals surface area contributed by atoms with E-state index in [1.165, 1.54) is 6.08 Å². The average Bonchev–Trinajstić information content (AvgIpc) is 3.23. The fourth-order valence-corrected chi connectivity index (χ4v) is 4.08. The maximum Gasteiger partial charge on any atom is 0.337 e. The number of allylic oxidation sites excluding steroid dienone is 2. The minimum atomic E-state index is -0.524. The van der Waals surface area contributed by atoms with Gasteiger partial charge in [-0.2, -0.15) is 5.26 Å². The number of fused-ring (bicyclic) bond motifs is 1. The summed E-state index contributed by atoms with van der Waals surface area (Å²) in [4.78, 5) is 14.6. The van der Waals surface area contributed by atoms with Crippen LogP contribution in [0.15, 0.2) is 57.3 Å². The molecule has 0 saturated carbocycles. The molecule has 23 heavy (non-hydrogen) atoms. The summed E-state index contributed by atoms with van der Waals surface area (Å²) in [6, 6.07) is 5.81. The molecular formula is C17H16N2O3S. The van der Waals surface area contributed by atoms with Crippen LogP contribution in [0.5, 0.6) is 0 Å². The highest BCUT2D eigenvalue weighted by atomic mass is 32.2. The second-order valence-electron chi connectivity index (χ2n) is 5.17. The van der Waals surface area contributed by atoms with Crippen molar-refractivity contribution in [2.75, 3.05) is 18.9 Å². The molecule has 0 unspecified atom stereocenters. The largest absolute Gasteiger partial charge is 0.468 e. The first-order valence-corrected chi connectivity index (χ1v) is 8.24. The Morgan fingerprint density at radius 2 is 2.52 bits per heavy atom. The molecule has 118 valence electrons. The maximum atomic E-state index is 12.6. The normalized spacial score (nSPS) is 20.3. The van der Waals surface area contributed by atoms with Crippen LogP contribution in [0.25, 0.3) is 0 Å². The second-order valence-corrected chi connectivity index (χ2v) is 6.25. The Labute approximate surface area is 138 Å². The Bertz CT molecular complexity index is 740. The summed E-state index contributed by atoms with van der Waals surface area (Å²) in [6.07, 6.45) is 3.07. The lowest BCUT2D eigenvalue weighted by molar-refractivity contribution is -0.138. The molecule has 2 aliphatic heterocycles. The van der Waals surface area contributed by atoms with Gasteiger partial charge in [-0.05, 0) is 19.1 Å². The van der Waals surface area contributed by atoms with Gasteiger partial charge in [0.15, 0.2) is 0 Å². The van der Waals surface area contributed by atoms with E-state index in [1.54, 1.807) is 30.2 Å². The monoisotopic (exact) mass is 328 g/mol. The number of esters is 1. The van der Waals surface area contributed by atoms with Gasteiger partial charge in [-0.25, -0.2) is 4.79 Å². The molecule has 5 nitrogen and oxygen atoms in total. The van der Waals surface area contributed by atoms with Gasteiger partial charge in [-0.1, -0.05) is 12.7 Å². The molecule has 0 aliphatic carbocycles. The average molecular weight is 328 g/mol. The maximum absolute atomic E-state index is 12.6. The second kappa shape index (κ2) is 6.39. The Morgan fingerprint density at radius 3 is 3.17 bits per heavy atom. The zero-order chi connectivity index (χ0) is 16.4. The van der Waals surface area contributed by atoms with Crippen molar-refractivity contribution in [3.63, 3.8) is 0 Å². The lowest BCUT2D eigenvalue weighted by Crippen LogP contribution is -2.30. The van der Waals surface area contributed by atoms with Crippen LogP contribution in [0.3, 0.4) is 0 Å². The van der Waals surface area contributed by atoms with E-state index in [1.807, 2.05) is 11.8 Å². The number of hydrogen-bond donors (Lipinski definition) is 0. The number of ether oxygens (including phenoxy) is 1. The molecule has 0 amide bonds. The van der Waals surface area contributed by atoms with Crippen LogP contribution in [-0.2, 0) is 9.53 Å². The van der Waals surface area contributed by atoms with Crippen LogP contribution in [-0.4, -0.2) is 29.8 Å². The van der Waals surface area contributed by atoms with Crippen LogP contribution in [0, 0.1) is 11.3 Å². The van der Waals surface area contributed by atoms with Crippen molar-refractivity contribution >= 4 is 17.7 Å². The molecule has 1 aromatic rings. The summed E-state index contributed by atoms with van der Waals surface area (Å²) in [7, 11) is 0. The molecule has 0 aromatic carbocycles. The van der Waals surface area contributed by atoms with Gasteiger partial charge in [0, 0.05) is 18.0 Å². The zero-order valence-corrected chi connectivity index (χ0v) is 13.6. The predicted octanol–water partition coefficient (Wildman–Crippen LogP) is 3.16. The Morgan fingerprint density at radius 1 is 1.70 bits per heavy atom. The van der Waals surface area contributed by atoms with Gasteiger partial charge in [0.05, 0.1) is 34.4 Å². The molecular weight excluding hydrogens is 312 g/mol. The highest BCUT2D eigenvalue weighted by molar-refractivity contribution is 8.03. The van der Waals surface area contributed by atoms with Crippen molar-refractivity contribution in [3.8, 4) is 6.07 Å². The van der Waals surface area contributed by atoms with E-state index in [4.69, 9.17) is 9.15 Å². The summed E-state index contributed by atoms with van der Waals surface area (Å²) in [5.41, 5.74) is 1.82. The van der Waals surface area contributed by atoms with Gasteiger partial charge < -0.3 is 14.1 Å². The van der Waals surface area contributed by atoms with E-state index in [0.717, 1.165) is 23.0 Å². The van der Waals surface area contributed by atoms with E-state index >= 15 is 0 Å². The number of nitrogens with zero attached hydrogens (tertiary/aromatic N) is 2. The SMILES string of the molecule is C=CCOC(=O)C1=C(C)N2CCSC2=C(C#N)[C@@H]1c1ccco1. The number of nitriles is 1.